The molecule has 0 saturated carbocycles. The number of hydrogen-bond donors (Lipinski definition) is 1. The Morgan fingerprint density at radius 2 is 1.85 bits per heavy atom. The summed E-state index contributed by atoms with van der Waals surface area (Å²) in [4.78, 5) is 15.0. The predicted molar refractivity (Wildman–Crippen MR) is 101 cm³/mol. The van der Waals surface area contributed by atoms with Gasteiger partial charge in [-0.05, 0) is 67.9 Å². The first-order chi connectivity index (χ1) is 13.2. The average Bonchev–Trinajstić information content (AvgIpc) is 3.39. The summed E-state index contributed by atoms with van der Waals surface area (Å²) < 4.78 is 16.1. The first-order valence-electron chi connectivity index (χ1n) is 9.30. The number of carbonyl (C=O) groups is 1. The summed E-state index contributed by atoms with van der Waals surface area (Å²) in [6, 6.07) is 13.3. The third kappa shape index (κ3) is 3.85. The molecule has 2 heterocycles. The largest absolute Gasteiger partial charge is 0.497 e. The van der Waals surface area contributed by atoms with Crippen molar-refractivity contribution in [3.05, 3.63) is 53.6 Å². The van der Waals surface area contributed by atoms with E-state index in [1.165, 1.54) is 12.8 Å². The van der Waals surface area contributed by atoms with E-state index >= 15 is 0 Å². The molecule has 1 atom stereocenters. The fourth-order valence-corrected chi connectivity index (χ4v) is 3.67. The van der Waals surface area contributed by atoms with Crippen molar-refractivity contribution in [1.82, 2.24) is 10.2 Å². The van der Waals surface area contributed by atoms with Crippen molar-refractivity contribution >= 4 is 5.91 Å². The number of methoxy groups -OCH3 is 1. The van der Waals surface area contributed by atoms with E-state index in [0.29, 0.717) is 12.1 Å². The number of nitrogens with one attached hydrogen (secondary N) is 1. The lowest BCUT2D eigenvalue weighted by atomic mass is 10.0. The molecule has 2 aromatic rings. The van der Waals surface area contributed by atoms with Crippen molar-refractivity contribution < 1.29 is 19.0 Å². The normalized spacial score (nSPS) is 16.9. The van der Waals surface area contributed by atoms with E-state index < -0.39 is 0 Å². The number of nitrogens with zero attached hydrogens (tertiary/aromatic N) is 1. The molecule has 0 spiro atoms. The quantitative estimate of drug-likeness (QED) is 0.849. The van der Waals surface area contributed by atoms with E-state index in [2.05, 4.69) is 16.3 Å². The Kier molecular flexibility index (Phi) is 5.16. The zero-order valence-electron chi connectivity index (χ0n) is 15.4. The van der Waals surface area contributed by atoms with Crippen LogP contribution in [0.5, 0.6) is 17.2 Å². The molecular weight excluding hydrogens is 344 g/mol. The monoisotopic (exact) mass is 368 g/mol. The van der Waals surface area contributed by atoms with Crippen molar-refractivity contribution in [1.29, 1.82) is 0 Å². The Balaban J connectivity index is 1.48. The third-order valence-corrected chi connectivity index (χ3v) is 5.17. The SMILES string of the molecule is COc1ccc(C(=O)NCC(c2ccc3c(c2)OCO3)N2CCCC2)cc1. The van der Waals surface area contributed by atoms with Crippen LogP contribution in [0.4, 0.5) is 0 Å². The van der Waals surface area contributed by atoms with E-state index in [4.69, 9.17) is 14.2 Å². The molecular formula is C21H24N2O4. The van der Waals surface area contributed by atoms with Crippen molar-refractivity contribution in [2.24, 2.45) is 0 Å². The van der Waals surface area contributed by atoms with Gasteiger partial charge in [0.2, 0.25) is 6.79 Å². The van der Waals surface area contributed by atoms with Gasteiger partial charge in [0.15, 0.2) is 11.5 Å². The fourth-order valence-electron chi connectivity index (χ4n) is 3.67. The van der Waals surface area contributed by atoms with E-state index in [-0.39, 0.29) is 18.7 Å². The van der Waals surface area contributed by atoms with Crippen LogP contribution in [0.2, 0.25) is 0 Å². The van der Waals surface area contributed by atoms with Gasteiger partial charge < -0.3 is 19.5 Å². The lowest BCUT2D eigenvalue weighted by Crippen LogP contribution is -2.36. The number of carbonyl (C=O) groups excluding carboxylic acids is 1. The minimum absolute atomic E-state index is 0.0809. The molecule has 142 valence electrons. The van der Waals surface area contributed by atoms with Gasteiger partial charge in [-0.1, -0.05) is 6.07 Å². The first-order valence-corrected chi connectivity index (χ1v) is 9.30. The molecule has 1 unspecified atom stereocenters. The van der Waals surface area contributed by atoms with Gasteiger partial charge in [-0.3, -0.25) is 9.69 Å². The van der Waals surface area contributed by atoms with E-state index in [1.54, 1.807) is 31.4 Å². The molecule has 0 bridgehead atoms. The summed E-state index contributed by atoms with van der Waals surface area (Å²) in [7, 11) is 1.61. The van der Waals surface area contributed by atoms with Crippen LogP contribution in [-0.4, -0.2) is 44.3 Å². The topological polar surface area (TPSA) is 60.0 Å². The number of rotatable bonds is 6. The van der Waals surface area contributed by atoms with E-state index in [0.717, 1.165) is 35.9 Å². The van der Waals surface area contributed by atoms with Crippen LogP contribution in [0, 0.1) is 0 Å². The molecule has 1 fully saturated rings. The summed E-state index contributed by atoms with van der Waals surface area (Å²) >= 11 is 0. The summed E-state index contributed by atoms with van der Waals surface area (Å²) in [6.45, 7) is 2.89. The number of ether oxygens (including phenoxy) is 3. The van der Waals surface area contributed by atoms with Crippen LogP contribution < -0.4 is 19.5 Å². The second-order valence-electron chi connectivity index (χ2n) is 6.81. The first kappa shape index (κ1) is 17.7. The molecule has 1 amide bonds. The number of fused-ring (bicyclic) bond motifs is 1. The van der Waals surface area contributed by atoms with Crippen LogP contribution >= 0.6 is 0 Å². The van der Waals surface area contributed by atoms with Gasteiger partial charge in [0.05, 0.1) is 13.2 Å². The van der Waals surface area contributed by atoms with Crippen molar-refractivity contribution in [3.63, 3.8) is 0 Å². The van der Waals surface area contributed by atoms with Crippen molar-refractivity contribution in [3.8, 4) is 17.2 Å². The number of likely N-dealkylation sites (tertiary alicyclic amines) is 1. The van der Waals surface area contributed by atoms with Crippen LogP contribution in [0.25, 0.3) is 0 Å². The van der Waals surface area contributed by atoms with Crippen molar-refractivity contribution in [2.45, 2.75) is 18.9 Å². The Morgan fingerprint density at radius 1 is 1.11 bits per heavy atom. The summed E-state index contributed by atoms with van der Waals surface area (Å²) in [5.41, 5.74) is 1.76. The molecule has 0 aliphatic carbocycles. The number of hydrogen-bond acceptors (Lipinski definition) is 5. The summed E-state index contributed by atoms with van der Waals surface area (Å²) in [5, 5.41) is 3.09. The second-order valence-corrected chi connectivity index (χ2v) is 6.81. The predicted octanol–water partition coefficient (Wildman–Crippen LogP) is 2.99. The van der Waals surface area contributed by atoms with Gasteiger partial charge in [0, 0.05) is 12.1 Å². The molecule has 2 aromatic carbocycles. The van der Waals surface area contributed by atoms with Gasteiger partial charge in [-0.15, -0.1) is 0 Å². The average molecular weight is 368 g/mol. The van der Waals surface area contributed by atoms with Gasteiger partial charge in [0.1, 0.15) is 5.75 Å². The molecule has 2 aliphatic rings. The van der Waals surface area contributed by atoms with E-state index in [9.17, 15) is 4.79 Å². The maximum Gasteiger partial charge on any atom is 0.251 e. The molecule has 6 heteroatoms. The molecule has 6 nitrogen and oxygen atoms in total. The lowest BCUT2D eigenvalue weighted by Gasteiger charge is -2.28. The van der Waals surface area contributed by atoms with Crippen LogP contribution in [0.15, 0.2) is 42.5 Å². The van der Waals surface area contributed by atoms with Crippen LogP contribution in [0.3, 0.4) is 0 Å². The Labute approximate surface area is 159 Å². The summed E-state index contributed by atoms with van der Waals surface area (Å²) in [6.07, 6.45) is 2.38. The second kappa shape index (κ2) is 7.88. The molecule has 1 saturated heterocycles. The molecule has 1 N–H and O–H groups in total. The Bertz CT molecular complexity index is 800. The zero-order chi connectivity index (χ0) is 18.6. The van der Waals surface area contributed by atoms with Crippen LogP contribution in [0.1, 0.15) is 34.8 Å². The standard InChI is InChI=1S/C21H24N2O4/c1-25-17-7-4-15(5-8-17)21(24)22-13-18(23-10-2-3-11-23)16-6-9-19-20(12-16)27-14-26-19/h4-9,12,18H,2-3,10-11,13-14H2,1H3,(H,22,24). The highest BCUT2D eigenvalue weighted by Gasteiger charge is 2.26. The Hall–Kier alpha value is -2.73. The summed E-state index contributed by atoms with van der Waals surface area (Å²) in [5.74, 6) is 2.21. The number of amides is 1. The number of benzene rings is 2. The molecule has 2 aliphatic heterocycles. The maximum absolute atomic E-state index is 12.6. The molecule has 0 radical (unpaired) electrons. The maximum atomic E-state index is 12.6. The third-order valence-electron chi connectivity index (χ3n) is 5.17. The lowest BCUT2D eigenvalue weighted by molar-refractivity contribution is 0.0938. The minimum Gasteiger partial charge on any atom is -0.497 e. The van der Waals surface area contributed by atoms with Gasteiger partial charge in [-0.2, -0.15) is 0 Å². The minimum atomic E-state index is -0.0809. The molecule has 0 aromatic heterocycles. The van der Waals surface area contributed by atoms with Gasteiger partial charge in [0.25, 0.3) is 5.91 Å². The highest BCUT2D eigenvalue weighted by Crippen LogP contribution is 2.36. The molecule has 4 rings (SSSR count). The zero-order valence-corrected chi connectivity index (χ0v) is 15.4. The van der Waals surface area contributed by atoms with Gasteiger partial charge >= 0.3 is 0 Å². The fraction of sp³-hybridized carbons (Fsp3) is 0.381. The van der Waals surface area contributed by atoms with E-state index in [1.807, 2.05) is 12.1 Å². The smallest absolute Gasteiger partial charge is 0.251 e. The molecule has 27 heavy (non-hydrogen) atoms. The van der Waals surface area contributed by atoms with Gasteiger partial charge in [-0.25, -0.2) is 0 Å². The highest BCUT2D eigenvalue weighted by molar-refractivity contribution is 5.94. The Morgan fingerprint density at radius 3 is 2.59 bits per heavy atom. The van der Waals surface area contributed by atoms with Crippen LogP contribution in [-0.2, 0) is 0 Å². The van der Waals surface area contributed by atoms with Crippen molar-refractivity contribution in [2.75, 3.05) is 33.5 Å². The highest BCUT2D eigenvalue weighted by atomic mass is 16.7.